The highest BCUT2D eigenvalue weighted by atomic mass is 79.9. The van der Waals surface area contributed by atoms with Crippen LogP contribution in [0.1, 0.15) is 21.5 Å². The van der Waals surface area contributed by atoms with Crippen molar-refractivity contribution in [2.75, 3.05) is 5.75 Å². The number of thioether (sulfide) groups is 1. The molecule has 0 unspecified atom stereocenters. The number of carbonyl (C=O) groups is 2. The van der Waals surface area contributed by atoms with Crippen molar-refractivity contribution in [3.05, 3.63) is 63.0 Å². The van der Waals surface area contributed by atoms with Crippen LogP contribution < -0.4 is 5.32 Å². The third kappa shape index (κ3) is 4.84. The van der Waals surface area contributed by atoms with Crippen molar-refractivity contribution in [3.8, 4) is 5.69 Å². The molecule has 3 rings (SSSR count). The van der Waals surface area contributed by atoms with Crippen LogP contribution >= 0.6 is 39.0 Å². The zero-order chi connectivity index (χ0) is 18.5. The van der Waals surface area contributed by atoms with E-state index in [1.54, 1.807) is 6.20 Å². The fourth-order valence-electron chi connectivity index (χ4n) is 2.23. The van der Waals surface area contributed by atoms with Gasteiger partial charge in [0.25, 0.3) is 0 Å². The summed E-state index contributed by atoms with van der Waals surface area (Å²) >= 11 is 6.25. The van der Waals surface area contributed by atoms with Crippen molar-refractivity contribution < 1.29 is 9.59 Å². The average molecular weight is 450 g/mol. The molecule has 5 nitrogen and oxygen atoms in total. The van der Waals surface area contributed by atoms with Crippen molar-refractivity contribution in [3.63, 3.8) is 0 Å². The molecule has 0 aliphatic heterocycles. The summed E-state index contributed by atoms with van der Waals surface area (Å²) in [7, 11) is 0. The summed E-state index contributed by atoms with van der Waals surface area (Å²) in [6.07, 6.45) is 3.61. The van der Waals surface area contributed by atoms with Crippen LogP contribution in [0.25, 0.3) is 5.69 Å². The molecule has 2 aromatic heterocycles. The van der Waals surface area contributed by atoms with Crippen LogP contribution in [0.15, 0.2) is 58.4 Å². The van der Waals surface area contributed by atoms with Crippen LogP contribution in [0.4, 0.5) is 0 Å². The van der Waals surface area contributed by atoms with Crippen LogP contribution in [0.5, 0.6) is 0 Å². The van der Waals surface area contributed by atoms with Gasteiger partial charge in [0.15, 0.2) is 10.9 Å². The van der Waals surface area contributed by atoms with Gasteiger partial charge in [-0.3, -0.25) is 14.2 Å². The molecule has 1 aromatic carbocycles. The predicted octanol–water partition coefficient (Wildman–Crippen LogP) is 4.31. The summed E-state index contributed by atoms with van der Waals surface area (Å²) in [4.78, 5) is 29.4. The Labute approximate surface area is 168 Å². The maximum atomic E-state index is 12.4. The Bertz CT molecular complexity index is 919. The van der Waals surface area contributed by atoms with Gasteiger partial charge in [0, 0.05) is 34.4 Å². The predicted molar refractivity (Wildman–Crippen MR) is 108 cm³/mol. The molecule has 134 valence electrons. The zero-order valence-electron chi connectivity index (χ0n) is 13.9. The molecule has 0 aliphatic rings. The summed E-state index contributed by atoms with van der Waals surface area (Å²) < 4.78 is 2.97. The third-order valence-corrected chi connectivity index (χ3v) is 6.11. The van der Waals surface area contributed by atoms with Gasteiger partial charge in [-0.05, 0) is 36.4 Å². The van der Waals surface area contributed by atoms with Gasteiger partial charge < -0.3 is 5.32 Å². The molecule has 0 saturated carbocycles. The highest BCUT2D eigenvalue weighted by Gasteiger charge is 2.13. The standard InChI is InChI=1S/C18H16BrN3O2S2/c1-12(23)21-10-15-6-7-17(26-15)16(24)11-25-18-20-8-9-22(18)14-4-2-13(19)3-5-14/h2-9H,10-11H2,1H3,(H,21,23). The minimum absolute atomic E-state index is 0.0550. The van der Waals surface area contributed by atoms with Crippen LogP contribution in [0.2, 0.25) is 0 Å². The minimum atomic E-state index is -0.0818. The number of carbonyl (C=O) groups excluding carboxylic acids is 2. The Morgan fingerprint density at radius 1 is 1.23 bits per heavy atom. The topological polar surface area (TPSA) is 64.0 Å². The number of imidazole rings is 1. The Balaban J connectivity index is 1.63. The second-order valence-corrected chi connectivity index (χ2v) is 8.47. The van der Waals surface area contributed by atoms with E-state index in [0.29, 0.717) is 17.2 Å². The van der Waals surface area contributed by atoms with E-state index in [9.17, 15) is 9.59 Å². The molecule has 2 heterocycles. The number of hydrogen-bond donors (Lipinski definition) is 1. The molecule has 0 atom stereocenters. The van der Waals surface area contributed by atoms with Gasteiger partial charge in [0.2, 0.25) is 5.91 Å². The normalized spacial score (nSPS) is 10.7. The van der Waals surface area contributed by atoms with Gasteiger partial charge in [-0.25, -0.2) is 4.98 Å². The smallest absolute Gasteiger partial charge is 0.217 e. The highest BCUT2D eigenvalue weighted by molar-refractivity contribution is 9.10. The lowest BCUT2D eigenvalue weighted by Crippen LogP contribution is -2.18. The minimum Gasteiger partial charge on any atom is -0.351 e. The first-order chi connectivity index (χ1) is 12.5. The molecule has 3 aromatic rings. The van der Waals surface area contributed by atoms with E-state index in [-0.39, 0.29) is 11.7 Å². The van der Waals surface area contributed by atoms with Gasteiger partial charge >= 0.3 is 0 Å². The van der Waals surface area contributed by atoms with E-state index in [1.807, 2.05) is 47.2 Å². The number of nitrogens with zero attached hydrogens (tertiary/aromatic N) is 2. The molecule has 0 bridgehead atoms. The zero-order valence-corrected chi connectivity index (χ0v) is 17.2. The fraction of sp³-hybridized carbons (Fsp3) is 0.167. The Kier molecular flexibility index (Phi) is 6.29. The number of amides is 1. The first-order valence-corrected chi connectivity index (χ1v) is 10.4. The number of Topliss-reactive ketones (excluding diaryl/α,β-unsaturated/α-hetero) is 1. The quantitative estimate of drug-likeness (QED) is 0.431. The summed E-state index contributed by atoms with van der Waals surface area (Å²) in [6, 6.07) is 11.6. The van der Waals surface area contributed by atoms with Crippen LogP contribution in [-0.2, 0) is 11.3 Å². The number of rotatable bonds is 7. The lowest BCUT2D eigenvalue weighted by Gasteiger charge is -2.07. The van der Waals surface area contributed by atoms with Crippen LogP contribution in [0.3, 0.4) is 0 Å². The molecule has 0 aliphatic carbocycles. The van der Waals surface area contributed by atoms with E-state index < -0.39 is 0 Å². The highest BCUT2D eigenvalue weighted by Crippen LogP contribution is 2.24. The number of benzene rings is 1. The largest absolute Gasteiger partial charge is 0.351 e. The Hall–Kier alpha value is -1.90. The molecule has 0 fully saturated rings. The van der Waals surface area contributed by atoms with Crippen LogP contribution in [0, 0.1) is 0 Å². The molecule has 0 radical (unpaired) electrons. The van der Waals surface area contributed by atoms with E-state index in [1.165, 1.54) is 30.0 Å². The lowest BCUT2D eigenvalue weighted by atomic mass is 10.3. The third-order valence-electron chi connectivity index (χ3n) is 3.49. The number of nitrogens with one attached hydrogen (secondary N) is 1. The Morgan fingerprint density at radius 2 is 2.00 bits per heavy atom. The number of aromatic nitrogens is 2. The summed E-state index contributed by atoms with van der Waals surface area (Å²) in [5.41, 5.74) is 0.995. The summed E-state index contributed by atoms with van der Waals surface area (Å²) in [5, 5.41) is 3.51. The van der Waals surface area contributed by atoms with E-state index in [4.69, 9.17) is 0 Å². The van der Waals surface area contributed by atoms with Crippen molar-refractivity contribution in [2.45, 2.75) is 18.6 Å². The first kappa shape index (κ1) is 18.9. The van der Waals surface area contributed by atoms with E-state index >= 15 is 0 Å². The maximum absolute atomic E-state index is 12.4. The second-order valence-electron chi connectivity index (χ2n) is 5.44. The van der Waals surface area contributed by atoms with Crippen molar-refractivity contribution in [1.82, 2.24) is 14.9 Å². The molecule has 0 saturated heterocycles. The van der Waals surface area contributed by atoms with Gasteiger partial charge in [0.05, 0.1) is 17.2 Å². The first-order valence-electron chi connectivity index (χ1n) is 7.81. The maximum Gasteiger partial charge on any atom is 0.217 e. The van der Waals surface area contributed by atoms with Gasteiger partial charge in [-0.2, -0.15) is 0 Å². The van der Waals surface area contributed by atoms with Crippen molar-refractivity contribution >= 4 is 50.7 Å². The molecular weight excluding hydrogens is 434 g/mol. The number of ketones is 1. The van der Waals surface area contributed by atoms with Crippen molar-refractivity contribution in [2.24, 2.45) is 0 Å². The summed E-state index contributed by atoms with van der Waals surface area (Å²) in [5.74, 6) is 0.286. The Morgan fingerprint density at radius 3 is 2.73 bits per heavy atom. The SMILES string of the molecule is CC(=O)NCc1ccc(C(=O)CSc2nccn2-c2ccc(Br)cc2)s1. The second kappa shape index (κ2) is 8.66. The molecule has 0 spiro atoms. The van der Waals surface area contributed by atoms with Gasteiger partial charge in [-0.1, -0.05) is 27.7 Å². The molecule has 1 N–H and O–H groups in total. The monoisotopic (exact) mass is 449 g/mol. The van der Waals surface area contributed by atoms with Crippen LogP contribution in [-0.4, -0.2) is 27.0 Å². The molecule has 26 heavy (non-hydrogen) atoms. The molecular formula is C18H16BrN3O2S2. The lowest BCUT2D eigenvalue weighted by molar-refractivity contribution is -0.119. The van der Waals surface area contributed by atoms with Gasteiger partial charge in [-0.15, -0.1) is 11.3 Å². The van der Waals surface area contributed by atoms with E-state index in [2.05, 4.69) is 26.2 Å². The number of thiophene rings is 1. The number of hydrogen-bond acceptors (Lipinski definition) is 5. The van der Waals surface area contributed by atoms with Crippen molar-refractivity contribution in [1.29, 1.82) is 0 Å². The van der Waals surface area contributed by atoms with Gasteiger partial charge in [0.1, 0.15) is 0 Å². The average Bonchev–Trinajstić information content (AvgIpc) is 3.28. The van der Waals surface area contributed by atoms with E-state index in [0.717, 1.165) is 20.2 Å². The summed E-state index contributed by atoms with van der Waals surface area (Å²) in [6.45, 7) is 1.93. The fourth-order valence-corrected chi connectivity index (χ4v) is 4.33. The molecule has 8 heteroatoms. The molecule has 1 amide bonds. The number of halogens is 1.